The second kappa shape index (κ2) is 5.68. The number of aromatic nitrogens is 1. The zero-order valence-corrected chi connectivity index (χ0v) is 11.8. The number of rotatable bonds is 5. The third kappa shape index (κ3) is 2.48. The molecule has 1 heterocycles. The second-order valence-electron chi connectivity index (χ2n) is 4.83. The maximum Gasteiger partial charge on any atom is 0.108 e. The number of aliphatic hydroxyl groups is 1. The molecule has 1 aromatic heterocycles. The molecule has 102 valence electrons. The van der Waals surface area contributed by atoms with Gasteiger partial charge in [-0.1, -0.05) is 32.0 Å². The van der Waals surface area contributed by atoms with Gasteiger partial charge in [0.15, 0.2) is 0 Å². The molecule has 2 aromatic rings. The van der Waals surface area contributed by atoms with E-state index in [4.69, 9.17) is 4.74 Å². The van der Waals surface area contributed by atoms with Crippen LogP contribution in [0.25, 0.3) is 10.9 Å². The van der Waals surface area contributed by atoms with Gasteiger partial charge in [-0.05, 0) is 30.5 Å². The van der Waals surface area contributed by atoms with Crippen LogP contribution in [0.15, 0.2) is 36.5 Å². The Morgan fingerprint density at radius 2 is 2.00 bits per heavy atom. The molecule has 3 heteroatoms. The fourth-order valence-corrected chi connectivity index (χ4v) is 2.59. The summed E-state index contributed by atoms with van der Waals surface area (Å²) in [6.45, 7) is 4.07. The molecule has 1 atom stereocenters. The lowest BCUT2D eigenvalue weighted by Crippen LogP contribution is -2.37. The lowest BCUT2D eigenvalue weighted by Gasteiger charge is -2.35. The summed E-state index contributed by atoms with van der Waals surface area (Å²) in [5.41, 5.74) is 1.23. The van der Waals surface area contributed by atoms with Crippen molar-refractivity contribution in [1.82, 2.24) is 4.98 Å². The predicted octanol–water partition coefficient (Wildman–Crippen LogP) is 3.47. The molecule has 0 saturated carbocycles. The molecule has 19 heavy (non-hydrogen) atoms. The summed E-state index contributed by atoms with van der Waals surface area (Å²) < 4.78 is 5.59. The van der Waals surface area contributed by atoms with Crippen LogP contribution in [0.1, 0.15) is 38.4 Å². The van der Waals surface area contributed by atoms with Crippen LogP contribution in [-0.2, 0) is 4.74 Å². The van der Waals surface area contributed by atoms with E-state index in [0.29, 0.717) is 0 Å². The molecule has 0 aliphatic rings. The van der Waals surface area contributed by atoms with E-state index in [-0.39, 0.29) is 0 Å². The molecule has 0 radical (unpaired) electrons. The van der Waals surface area contributed by atoms with Gasteiger partial charge in [-0.3, -0.25) is 4.98 Å². The van der Waals surface area contributed by atoms with Crippen LogP contribution < -0.4 is 0 Å². The van der Waals surface area contributed by atoms with Crippen molar-refractivity contribution in [3.8, 4) is 0 Å². The summed E-state index contributed by atoms with van der Waals surface area (Å²) in [4.78, 5) is 4.33. The van der Waals surface area contributed by atoms with Crippen LogP contribution >= 0.6 is 0 Å². The monoisotopic (exact) mass is 259 g/mol. The van der Waals surface area contributed by atoms with Gasteiger partial charge < -0.3 is 9.84 Å². The summed E-state index contributed by atoms with van der Waals surface area (Å²) in [6.07, 6.45) is 2.66. The van der Waals surface area contributed by atoms with Crippen LogP contribution in [0.5, 0.6) is 0 Å². The molecule has 0 spiro atoms. The Balaban J connectivity index is 2.43. The van der Waals surface area contributed by atoms with E-state index >= 15 is 0 Å². The Labute approximate surface area is 114 Å². The van der Waals surface area contributed by atoms with Gasteiger partial charge >= 0.3 is 0 Å². The number of nitrogens with zero attached hydrogens (tertiary/aromatic N) is 1. The number of hydrogen-bond acceptors (Lipinski definition) is 3. The van der Waals surface area contributed by atoms with E-state index in [1.165, 1.54) is 0 Å². The van der Waals surface area contributed by atoms with Crippen molar-refractivity contribution in [2.45, 2.75) is 38.4 Å². The minimum Gasteiger partial charge on any atom is -0.385 e. The van der Waals surface area contributed by atoms with Gasteiger partial charge in [0.2, 0.25) is 0 Å². The van der Waals surface area contributed by atoms with Crippen LogP contribution in [0.4, 0.5) is 0 Å². The van der Waals surface area contributed by atoms with E-state index in [1.54, 1.807) is 13.3 Å². The quantitative estimate of drug-likeness (QED) is 0.894. The number of methoxy groups -OCH3 is 1. The molecular weight excluding hydrogens is 238 g/mol. The van der Waals surface area contributed by atoms with Crippen molar-refractivity contribution in [2.24, 2.45) is 0 Å². The first-order chi connectivity index (χ1) is 9.16. The maximum atomic E-state index is 10.6. The number of pyridine rings is 1. The topological polar surface area (TPSA) is 42.4 Å². The van der Waals surface area contributed by atoms with Gasteiger partial charge in [-0.15, -0.1) is 0 Å². The Morgan fingerprint density at radius 3 is 2.63 bits per heavy atom. The molecule has 0 amide bonds. The van der Waals surface area contributed by atoms with Crippen molar-refractivity contribution >= 4 is 10.9 Å². The van der Waals surface area contributed by atoms with Crippen molar-refractivity contribution in [1.29, 1.82) is 0 Å². The van der Waals surface area contributed by atoms with Crippen LogP contribution in [0.3, 0.4) is 0 Å². The molecular formula is C16H21NO2. The molecule has 3 nitrogen and oxygen atoms in total. The van der Waals surface area contributed by atoms with Gasteiger partial charge in [-0.2, -0.15) is 0 Å². The molecule has 1 aromatic carbocycles. The number of aliphatic hydroxyl groups excluding tert-OH is 1. The first-order valence-corrected chi connectivity index (χ1v) is 6.74. The van der Waals surface area contributed by atoms with Gasteiger partial charge in [0.1, 0.15) is 6.10 Å². The number of fused-ring (bicyclic) bond motifs is 1. The fraction of sp³-hybridized carbons (Fsp3) is 0.438. The normalized spacial score (nSPS) is 13.7. The number of ether oxygens (including phenoxy) is 1. The Hall–Kier alpha value is -1.45. The Kier molecular flexibility index (Phi) is 4.17. The number of benzene rings is 1. The standard InChI is InChI=1S/C16H21NO2/c1-4-16(5-2,19-3)15(18)13-9-8-12-7-6-10-17-14(12)11-13/h6-11,15,18H,4-5H2,1-3H3. The SMILES string of the molecule is CCC(CC)(OC)C(O)c1ccc2cccnc2c1. The van der Waals surface area contributed by atoms with Crippen molar-refractivity contribution < 1.29 is 9.84 Å². The second-order valence-corrected chi connectivity index (χ2v) is 4.83. The summed E-state index contributed by atoms with van der Waals surface area (Å²) in [5, 5.41) is 11.7. The molecule has 1 N–H and O–H groups in total. The molecule has 0 aliphatic carbocycles. The third-order valence-electron chi connectivity index (χ3n) is 4.05. The first-order valence-electron chi connectivity index (χ1n) is 6.74. The Morgan fingerprint density at radius 1 is 1.26 bits per heavy atom. The van der Waals surface area contributed by atoms with Crippen molar-refractivity contribution in [3.05, 3.63) is 42.1 Å². The highest BCUT2D eigenvalue weighted by Crippen LogP contribution is 2.35. The van der Waals surface area contributed by atoms with Gasteiger partial charge in [-0.25, -0.2) is 0 Å². The molecule has 1 unspecified atom stereocenters. The maximum absolute atomic E-state index is 10.6. The first kappa shape index (κ1) is 14.0. The molecule has 0 saturated heterocycles. The molecule has 0 aliphatic heterocycles. The minimum atomic E-state index is -0.640. The van der Waals surface area contributed by atoms with Crippen molar-refractivity contribution in [3.63, 3.8) is 0 Å². The number of hydrogen-bond donors (Lipinski definition) is 1. The average Bonchev–Trinajstić information content (AvgIpc) is 2.49. The van der Waals surface area contributed by atoms with Gasteiger partial charge in [0, 0.05) is 18.7 Å². The summed E-state index contributed by atoms with van der Waals surface area (Å²) in [5.74, 6) is 0. The predicted molar refractivity (Wildman–Crippen MR) is 77.0 cm³/mol. The van der Waals surface area contributed by atoms with Gasteiger partial charge in [0.05, 0.1) is 11.1 Å². The third-order valence-corrected chi connectivity index (χ3v) is 4.05. The highest BCUT2D eigenvalue weighted by Gasteiger charge is 2.35. The van der Waals surface area contributed by atoms with E-state index in [2.05, 4.69) is 4.98 Å². The Bertz CT molecular complexity index is 541. The van der Waals surface area contributed by atoms with Crippen LogP contribution in [0, 0.1) is 0 Å². The lowest BCUT2D eigenvalue weighted by atomic mass is 9.86. The zero-order chi connectivity index (χ0) is 13.9. The summed E-state index contributed by atoms with van der Waals surface area (Å²) >= 11 is 0. The molecule has 2 rings (SSSR count). The summed E-state index contributed by atoms with van der Waals surface area (Å²) in [7, 11) is 1.66. The highest BCUT2D eigenvalue weighted by atomic mass is 16.5. The van der Waals surface area contributed by atoms with E-state index in [1.807, 2.05) is 44.2 Å². The van der Waals surface area contributed by atoms with E-state index in [0.717, 1.165) is 29.3 Å². The van der Waals surface area contributed by atoms with Crippen molar-refractivity contribution in [2.75, 3.05) is 7.11 Å². The van der Waals surface area contributed by atoms with Gasteiger partial charge in [0.25, 0.3) is 0 Å². The lowest BCUT2D eigenvalue weighted by molar-refractivity contribution is -0.109. The highest BCUT2D eigenvalue weighted by molar-refractivity contribution is 5.78. The minimum absolute atomic E-state index is 0.525. The molecule has 0 fully saturated rings. The fourth-order valence-electron chi connectivity index (χ4n) is 2.59. The molecule has 0 bridgehead atoms. The smallest absolute Gasteiger partial charge is 0.108 e. The largest absolute Gasteiger partial charge is 0.385 e. The zero-order valence-electron chi connectivity index (χ0n) is 11.8. The van der Waals surface area contributed by atoms with Crippen LogP contribution in [0.2, 0.25) is 0 Å². The van der Waals surface area contributed by atoms with Crippen LogP contribution in [-0.4, -0.2) is 22.8 Å². The van der Waals surface area contributed by atoms with E-state index in [9.17, 15) is 5.11 Å². The van der Waals surface area contributed by atoms with E-state index < -0.39 is 11.7 Å². The summed E-state index contributed by atoms with van der Waals surface area (Å²) in [6, 6.07) is 9.82. The average molecular weight is 259 g/mol.